The smallest absolute Gasteiger partial charge is 0.0770 e. The third kappa shape index (κ3) is 1.59. The summed E-state index contributed by atoms with van der Waals surface area (Å²) >= 11 is 0. The highest BCUT2D eigenvalue weighted by Gasteiger charge is 2.50. The Balaban J connectivity index is 2.12. The van der Waals surface area contributed by atoms with Crippen molar-refractivity contribution in [3.05, 3.63) is 0 Å². The Hall–Kier alpha value is -0.0800. The average molecular weight is 197 g/mol. The summed E-state index contributed by atoms with van der Waals surface area (Å²) < 4.78 is 0. The minimum atomic E-state index is -0.718. The molecule has 2 saturated carbocycles. The zero-order valence-electron chi connectivity index (χ0n) is 9.42. The fraction of sp³-hybridized carbons (Fsp3) is 1.00. The van der Waals surface area contributed by atoms with Crippen molar-refractivity contribution in [1.29, 1.82) is 0 Å². The van der Waals surface area contributed by atoms with E-state index in [9.17, 15) is 5.11 Å². The zero-order valence-corrected chi connectivity index (χ0v) is 9.42. The predicted octanol–water partition coefficient (Wildman–Crippen LogP) is 2.05. The molecule has 0 heterocycles. The summed E-state index contributed by atoms with van der Waals surface area (Å²) in [7, 11) is 0. The second-order valence-corrected chi connectivity index (χ2v) is 5.93. The van der Waals surface area contributed by atoms with Crippen LogP contribution in [0, 0.1) is 11.8 Å². The van der Waals surface area contributed by atoms with Gasteiger partial charge in [0.1, 0.15) is 0 Å². The Bertz CT molecular complexity index is 205. The maximum atomic E-state index is 10.1. The molecule has 0 aliphatic heterocycles. The quantitative estimate of drug-likeness (QED) is 0.676. The largest absolute Gasteiger partial charge is 0.389 e. The Labute approximate surface area is 86.9 Å². The van der Waals surface area contributed by atoms with Gasteiger partial charge in [0.25, 0.3) is 0 Å². The van der Waals surface area contributed by atoms with Gasteiger partial charge in [0.05, 0.1) is 5.60 Å². The van der Waals surface area contributed by atoms with E-state index in [0.717, 1.165) is 24.7 Å². The number of nitrogens with two attached hydrogens (primary N) is 1. The van der Waals surface area contributed by atoms with Crippen LogP contribution < -0.4 is 5.73 Å². The first-order valence-corrected chi connectivity index (χ1v) is 5.94. The minimum Gasteiger partial charge on any atom is -0.389 e. The van der Waals surface area contributed by atoms with Crippen LogP contribution in [0.25, 0.3) is 0 Å². The van der Waals surface area contributed by atoms with Gasteiger partial charge in [0, 0.05) is 5.54 Å². The van der Waals surface area contributed by atoms with Crippen LogP contribution in [0.1, 0.15) is 52.4 Å². The van der Waals surface area contributed by atoms with Crippen LogP contribution >= 0.6 is 0 Å². The highest BCUT2D eigenvalue weighted by molar-refractivity contribution is 5.07. The van der Waals surface area contributed by atoms with Gasteiger partial charge in [-0.1, -0.05) is 25.7 Å². The Morgan fingerprint density at radius 2 is 1.57 bits per heavy atom. The Morgan fingerprint density at radius 1 is 1.14 bits per heavy atom. The van der Waals surface area contributed by atoms with Crippen molar-refractivity contribution in [3.63, 3.8) is 0 Å². The molecule has 3 N–H and O–H groups in total. The second kappa shape index (κ2) is 3.21. The van der Waals surface area contributed by atoms with Crippen molar-refractivity contribution < 1.29 is 5.11 Å². The number of rotatable bonds is 1. The molecule has 2 rings (SSSR count). The van der Waals surface area contributed by atoms with Gasteiger partial charge in [-0.25, -0.2) is 0 Å². The van der Waals surface area contributed by atoms with E-state index < -0.39 is 5.60 Å². The number of hydrogen-bond acceptors (Lipinski definition) is 2. The third-order valence-corrected chi connectivity index (χ3v) is 4.54. The molecule has 2 unspecified atom stereocenters. The first kappa shape index (κ1) is 10.4. The third-order valence-electron chi connectivity index (χ3n) is 4.54. The number of aliphatic hydroxyl groups is 1. The van der Waals surface area contributed by atoms with Crippen molar-refractivity contribution in [2.75, 3.05) is 0 Å². The van der Waals surface area contributed by atoms with Gasteiger partial charge in [0.15, 0.2) is 0 Å². The van der Waals surface area contributed by atoms with E-state index in [1.165, 1.54) is 25.7 Å². The summed E-state index contributed by atoms with van der Waals surface area (Å²) in [6.07, 6.45) is 7.45. The lowest BCUT2D eigenvalue weighted by atomic mass is 9.81. The minimum absolute atomic E-state index is 0.327. The summed E-state index contributed by atoms with van der Waals surface area (Å²) in [4.78, 5) is 0. The predicted molar refractivity (Wildman–Crippen MR) is 57.9 cm³/mol. The molecule has 2 heteroatoms. The van der Waals surface area contributed by atoms with Crippen molar-refractivity contribution in [2.24, 2.45) is 17.6 Å². The molecule has 2 nitrogen and oxygen atoms in total. The standard InChI is InChI=1S/C12H23NO/c1-11(2,14)12(13)7-9-5-3-4-6-10(9)8-12/h9-10,14H,3-8,13H2,1-2H3. The molecule has 2 aliphatic carbocycles. The van der Waals surface area contributed by atoms with E-state index in [1.807, 2.05) is 13.8 Å². The molecular formula is C12H23NO. The summed E-state index contributed by atoms with van der Waals surface area (Å²) in [6.45, 7) is 3.73. The van der Waals surface area contributed by atoms with Gasteiger partial charge < -0.3 is 10.8 Å². The highest BCUT2D eigenvalue weighted by atomic mass is 16.3. The molecule has 0 spiro atoms. The molecule has 0 aromatic carbocycles. The van der Waals surface area contributed by atoms with E-state index in [0.29, 0.717) is 0 Å². The molecule has 14 heavy (non-hydrogen) atoms. The lowest BCUT2D eigenvalue weighted by Gasteiger charge is -2.37. The van der Waals surface area contributed by atoms with E-state index in [4.69, 9.17) is 5.73 Å². The summed E-state index contributed by atoms with van der Waals surface area (Å²) in [6, 6.07) is 0. The van der Waals surface area contributed by atoms with Crippen LogP contribution in [0.4, 0.5) is 0 Å². The zero-order chi connectivity index (χ0) is 10.4. The fourth-order valence-corrected chi connectivity index (χ4v) is 3.34. The lowest BCUT2D eigenvalue weighted by Crippen LogP contribution is -2.55. The monoisotopic (exact) mass is 197 g/mol. The van der Waals surface area contributed by atoms with Gasteiger partial charge in [-0.15, -0.1) is 0 Å². The fourth-order valence-electron chi connectivity index (χ4n) is 3.34. The molecule has 0 aromatic heterocycles. The molecule has 0 aromatic rings. The molecule has 2 atom stereocenters. The summed E-state index contributed by atoms with van der Waals surface area (Å²) in [5.74, 6) is 1.58. The highest BCUT2D eigenvalue weighted by Crippen LogP contribution is 2.49. The van der Waals surface area contributed by atoms with Gasteiger partial charge in [-0.2, -0.15) is 0 Å². The Kier molecular flexibility index (Phi) is 2.39. The summed E-state index contributed by atoms with van der Waals surface area (Å²) in [5, 5.41) is 10.1. The number of fused-ring (bicyclic) bond motifs is 1. The van der Waals surface area contributed by atoms with Gasteiger partial charge in [0.2, 0.25) is 0 Å². The van der Waals surface area contributed by atoms with Crippen molar-refractivity contribution >= 4 is 0 Å². The molecule has 82 valence electrons. The van der Waals surface area contributed by atoms with Crippen LogP contribution in [0.15, 0.2) is 0 Å². The van der Waals surface area contributed by atoms with E-state index in [2.05, 4.69) is 0 Å². The first-order valence-electron chi connectivity index (χ1n) is 5.94. The number of hydrogen-bond donors (Lipinski definition) is 2. The molecule has 0 amide bonds. The van der Waals surface area contributed by atoms with E-state index >= 15 is 0 Å². The van der Waals surface area contributed by atoms with Gasteiger partial charge >= 0.3 is 0 Å². The second-order valence-electron chi connectivity index (χ2n) is 5.93. The maximum Gasteiger partial charge on any atom is 0.0770 e. The van der Waals surface area contributed by atoms with Crippen molar-refractivity contribution in [2.45, 2.75) is 63.5 Å². The topological polar surface area (TPSA) is 46.2 Å². The lowest BCUT2D eigenvalue weighted by molar-refractivity contribution is -0.00262. The van der Waals surface area contributed by atoms with Crippen LogP contribution in [0.2, 0.25) is 0 Å². The maximum absolute atomic E-state index is 10.1. The van der Waals surface area contributed by atoms with Crippen LogP contribution in [0.5, 0.6) is 0 Å². The van der Waals surface area contributed by atoms with Gasteiger partial charge in [-0.05, 0) is 38.5 Å². The Morgan fingerprint density at radius 3 is 1.93 bits per heavy atom. The molecule has 0 bridgehead atoms. The van der Waals surface area contributed by atoms with Crippen molar-refractivity contribution in [1.82, 2.24) is 0 Å². The van der Waals surface area contributed by atoms with Crippen LogP contribution in [0.3, 0.4) is 0 Å². The van der Waals surface area contributed by atoms with Crippen molar-refractivity contribution in [3.8, 4) is 0 Å². The average Bonchev–Trinajstić information content (AvgIpc) is 2.40. The molecule has 2 fully saturated rings. The molecule has 0 saturated heterocycles. The SMILES string of the molecule is CC(C)(O)C1(N)CC2CCCCC2C1. The van der Waals surface area contributed by atoms with Crippen LogP contribution in [-0.4, -0.2) is 16.2 Å². The van der Waals surface area contributed by atoms with E-state index in [1.54, 1.807) is 0 Å². The normalized spacial score (nSPS) is 43.7. The molecular weight excluding hydrogens is 174 g/mol. The van der Waals surface area contributed by atoms with Gasteiger partial charge in [-0.3, -0.25) is 0 Å². The van der Waals surface area contributed by atoms with Crippen LogP contribution in [-0.2, 0) is 0 Å². The molecule has 0 radical (unpaired) electrons. The summed E-state index contributed by atoms with van der Waals surface area (Å²) in [5.41, 5.74) is 5.30. The van der Waals surface area contributed by atoms with E-state index in [-0.39, 0.29) is 5.54 Å². The first-order chi connectivity index (χ1) is 6.42. The molecule has 2 aliphatic rings.